The van der Waals surface area contributed by atoms with E-state index in [9.17, 15) is 9.59 Å². The third-order valence-electron chi connectivity index (χ3n) is 7.01. The number of nitrogens with zero attached hydrogens (tertiary/aromatic N) is 3. The Hall–Kier alpha value is -2.42. The van der Waals surface area contributed by atoms with Crippen molar-refractivity contribution in [3.63, 3.8) is 0 Å². The maximum atomic E-state index is 12.6. The summed E-state index contributed by atoms with van der Waals surface area (Å²) in [6.07, 6.45) is 5.81. The van der Waals surface area contributed by atoms with Crippen molar-refractivity contribution in [1.29, 1.82) is 0 Å². The van der Waals surface area contributed by atoms with Crippen LogP contribution in [0.5, 0.6) is 0 Å². The topological polar surface area (TPSA) is 116 Å². The molecule has 0 unspecified atom stereocenters. The average Bonchev–Trinajstić information content (AvgIpc) is 3.35. The van der Waals surface area contributed by atoms with Gasteiger partial charge in [-0.2, -0.15) is 0 Å². The Bertz CT molecular complexity index is 744. The maximum absolute atomic E-state index is 12.6. The predicted octanol–water partition coefficient (Wildman–Crippen LogP) is 1.72. The van der Waals surface area contributed by atoms with E-state index >= 15 is 0 Å². The summed E-state index contributed by atoms with van der Waals surface area (Å²) in [5.41, 5.74) is 2.25. The minimum absolute atomic E-state index is 0.0107. The highest BCUT2D eigenvalue weighted by molar-refractivity contribution is 5.90. The van der Waals surface area contributed by atoms with E-state index in [1.807, 2.05) is 18.7 Å². The second kappa shape index (κ2) is 10.7. The molecule has 172 valence electrons. The van der Waals surface area contributed by atoms with Gasteiger partial charge in [-0.1, -0.05) is 5.16 Å². The molecule has 0 spiro atoms. The number of carboxylic acid groups (broad SMARTS) is 1. The maximum Gasteiger partial charge on any atom is 0.290 e. The van der Waals surface area contributed by atoms with Gasteiger partial charge in [0, 0.05) is 31.6 Å². The third kappa shape index (κ3) is 5.84. The molecule has 4 heterocycles. The number of amides is 2. The number of rotatable bonds is 4. The molecule has 3 aliphatic heterocycles. The molecular weight excluding hydrogens is 400 g/mol. The largest absolute Gasteiger partial charge is 0.483 e. The van der Waals surface area contributed by atoms with Crippen molar-refractivity contribution in [3.8, 4) is 0 Å². The Kier molecular flexibility index (Phi) is 8.06. The Morgan fingerprint density at radius 3 is 2.19 bits per heavy atom. The fourth-order valence-electron chi connectivity index (χ4n) is 5.14. The highest BCUT2D eigenvalue weighted by Crippen LogP contribution is 2.33. The van der Waals surface area contributed by atoms with Crippen LogP contribution in [0.3, 0.4) is 0 Å². The number of likely N-dealkylation sites (tertiary alicyclic amines) is 2. The minimum Gasteiger partial charge on any atom is -0.483 e. The first-order valence-corrected chi connectivity index (χ1v) is 11.2. The van der Waals surface area contributed by atoms with Gasteiger partial charge in [-0.05, 0) is 70.9 Å². The summed E-state index contributed by atoms with van der Waals surface area (Å²) in [6, 6.07) is -0.281. The Morgan fingerprint density at radius 2 is 1.71 bits per heavy atom. The lowest BCUT2D eigenvalue weighted by atomic mass is 9.78. The number of aryl methyl sites for hydroxylation is 2. The molecule has 2 amide bonds. The first kappa shape index (κ1) is 23.2. The first-order valence-electron chi connectivity index (χ1n) is 11.2. The molecule has 9 nitrogen and oxygen atoms in total. The van der Waals surface area contributed by atoms with Crippen LogP contribution in [-0.4, -0.2) is 70.6 Å². The number of aromatic nitrogens is 1. The van der Waals surface area contributed by atoms with Gasteiger partial charge in [-0.25, -0.2) is 0 Å². The van der Waals surface area contributed by atoms with Crippen LogP contribution in [0.15, 0.2) is 4.52 Å². The van der Waals surface area contributed by atoms with Crippen LogP contribution < -0.4 is 5.32 Å². The van der Waals surface area contributed by atoms with Gasteiger partial charge < -0.3 is 19.8 Å². The van der Waals surface area contributed by atoms with Gasteiger partial charge in [0.15, 0.2) is 0 Å². The molecule has 0 radical (unpaired) electrons. The van der Waals surface area contributed by atoms with Gasteiger partial charge in [0.1, 0.15) is 11.8 Å². The summed E-state index contributed by atoms with van der Waals surface area (Å²) in [6.45, 7) is 8.64. The van der Waals surface area contributed by atoms with Gasteiger partial charge in [0.2, 0.25) is 11.8 Å². The van der Waals surface area contributed by atoms with E-state index in [0.29, 0.717) is 12.8 Å². The fraction of sp³-hybridized carbons (Fsp3) is 0.727. The van der Waals surface area contributed by atoms with E-state index in [1.54, 1.807) is 0 Å². The summed E-state index contributed by atoms with van der Waals surface area (Å²) in [5, 5.41) is 13.8. The van der Waals surface area contributed by atoms with Crippen molar-refractivity contribution in [3.05, 3.63) is 17.0 Å². The van der Waals surface area contributed by atoms with Gasteiger partial charge in [-0.15, -0.1) is 0 Å². The first-order chi connectivity index (χ1) is 14.9. The van der Waals surface area contributed by atoms with Crippen molar-refractivity contribution in [2.45, 2.75) is 65.0 Å². The standard InChI is InChI=1S/C21H32N4O3.CH2O2/c1-14-18(15(2)28-23-14)13-24-9-5-16(6-10-24)17-7-11-25(12-8-17)21(27)19-3-4-20(26)22-19;2-1-3/h16-17,19H,3-13H2,1-2H3,(H,22,26);1H,(H,2,3)/t19-;/m0./s1. The number of carbonyl (C=O) groups excluding carboxylic acids is 2. The number of piperidine rings is 2. The summed E-state index contributed by atoms with van der Waals surface area (Å²) < 4.78 is 5.29. The van der Waals surface area contributed by atoms with E-state index in [1.165, 1.54) is 18.4 Å². The molecule has 0 bridgehead atoms. The van der Waals surface area contributed by atoms with Crippen LogP contribution >= 0.6 is 0 Å². The molecule has 3 fully saturated rings. The average molecular weight is 435 g/mol. The molecule has 31 heavy (non-hydrogen) atoms. The summed E-state index contributed by atoms with van der Waals surface area (Å²) in [7, 11) is 0. The number of hydrogen-bond acceptors (Lipinski definition) is 6. The van der Waals surface area contributed by atoms with Crippen LogP contribution in [0.4, 0.5) is 0 Å². The quantitative estimate of drug-likeness (QED) is 0.693. The van der Waals surface area contributed by atoms with Gasteiger partial charge in [0.05, 0.1) is 5.69 Å². The van der Waals surface area contributed by atoms with Crippen LogP contribution in [0.25, 0.3) is 0 Å². The summed E-state index contributed by atoms with van der Waals surface area (Å²) in [4.78, 5) is 36.8. The lowest BCUT2D eigenvalue weighted by Crippen LogP contribution is -2.48. The number of nitrogens with one attached hydrogen (secondary N) is 1. The molecule has 4 rings (SSSR count). The molecule has 3 aliphatic rings. The van der Waals surface area contributed by atoms with Crippen molar-refractivity contribution >= 4 is 18.3 Å². The Balaban J connectivity index is 0.000000858. The predicted molar refractivity (Wildman–Crippen MR) is 113 cm³/mol. The Labute approximate surface area is 183 Å². The smallest absolute Gasteiger partial charge is 0.290 e. The van der Waals surface area contributed by atoms with Gasteiger partial charge in [0.25, 0.3) is 6.47 Å². The monoisotopic (exact) mass is 434 g/mol. The summed E-state index contributed by atoms with van der Waals surface area (Å²) in [5.74, 6) is 2.57. The summed E-state index contributed by atoms with van der Waals surface area (Å²) >= 11 is 0. The zero-order valence-corrected chi connectivity index (χ0v) is 18.5. The van der Waals surface area contributed by atoms with Crippen LogP contribution in [-0.2, 0) is 20.9 Å². The van der Waals surface area contributed by atoms with Crippen LogP contribution in [0, 0.1) is 25.7 Å². The van der Waals surface area contributed by atoms with Crippen LogP contribution in [0.1, 0.15) is 55.5 Å². The normalized spacial score (nSPS) is 23.2. The molecule has 1 atom stereocenters. The van der Waals surface area contributed by atoms with Gasteiger partial charge in [-0.3, -0.25) is 19.3 Å². The highest BCUT2D eigenvalue weighted by Gasteiger charge is 2.35. The van der Waals surface area contributed by atoms with Crippen LogP contribution in [0.2, 0.25) is 0 Å². The molecule has 0 aliphatic carbocycles. The third-order valence-corrected chi connectivity index (χ3v) is 7.01. The fourth-order valence-corrected chi connectivity index (χ4v) is 5.14. The second-order valence-electron chi connectivity index (χ2n) is 8.84. The van der Waals surface area contributed by atoms with Crippen molar-refractivity contribution < 1.29 is 24.0 Å². The van der Waals surface area contributed by atoms with E-state index < -0.39 is 0 Å². The van der Waals surface area contributed by atoms with E-state index in [4.69, 9.17) is 14.4 Å². The zero-order valence-electron chi connectivity index (χ0n) is 18.5. The zero-order chi connectivity index (χ0) is 22.4. The molecular formula is C22H34N4O5. The SMILES string of the molecule is Cc1noc(C)c1CN1CCC(C2CCN(C(=O)[C@@H]3CCC(=O)N3)CC2)CC1.O=CO. The Morgan fingerprint density at radius 1 is 1.13 bits per heavy atom. The molecule has 0 saturated carbocycles. The number of carbonyl (C=O) groups is 3. The molecule has 3 saturated heterocycles. The molecule has 0 aromatic carbocycles. The molecule has 1 aromatic heterocycles. The molecule has 1 aromatic rings. The lowest BCUT2D eigenvalue weighted by Gasteiger charge is -2.40. The van der Waals surface area contributed by atoms with E-state index in [-0.39, 0.29) is 24.3 Å². The second-order valence-corrected chi connectivity index (χ2v) is 8.84. The van der Waals surface area contributed by atoms with Crippen molar-refractivity contribution in [1.82, 2.24) is 20.3 Å². The van der Waals surface area contributed by atoms with E-state index in [0.717, 1.165) is 68.9 Å². The van der Waals surface area contributed by atoms with Crippen molar-refractivity contribution in [2.24, 2.45) is 11.8 Å². The van der Waals surface area contributed by atoms with Gasteiger partial charge >= 0.3 is 0 Å². The number of hydrogen-bond donors (Lipinski definition) is 2. The van der Waals surface area contributed by atoms with Crippen molar-refractivity contribution in [2.75, 3.05) is 26.2 Å². The molecule has 9 heteroatoms. The molecule has 2 N–H and O–H groups in total. The van der Waals surface area contributed by atoms with E-state index in [2.05, 4.69) is 15.4 Å². The minimum atomic E-state index is -0.281. The lowest BCUT2D eigenvalue weighted by molar-refractivity contribution is -0.136. The highest BCUT2D eigenvalue weighted by atomic mass is 16.5.